The monoisotopic (exact) mass is 305 g/mol. The predicted octanol–water partition coefficient (Wildman–Crippen LogP) is 3.42. The van der Waals surface area contributed by atoms with Gasteiger partial charge in [0.1, 0.15) is 11.6 Å². The summed E-state index contributed by atoms with van der Waals surface area (Å²) >= 11 is 6.09. The Morgan fingerprint density at radius 2 is 2.14 bits per heavy atom. The van der Waals surface area contributed by atoms with Crippen molar-refractivity contribution in [1.29, 1.82) is 0 Å². The van der Waals surface area contributed by atoms with Gasteiger partial charge in [-0.15, -0.1) is 0 Å². The van der Waals surface area contributed by atoms with Crippen LogP contribution in [0.2, 0.25) is 5.02 Å². The van der Waals surface area contributed by atoms with E-state index in [-0.39, 0.29) is 5.82 Å². The fourth-order valence-corrected chi connectivity index (χ4v) is 2.91. The van der Waals surface area contributed by atoms with E-state index in [2.05, 4.69) is 22.2 Å². The number of fused-ring (bicyclic) bond motifs is 1. The number of aromatic nitrogens is 2. The third-order valence-electron chi connectivity index (χ3n) is 3.70. The van der Waals surface area contributed by atoms with Crippen molar-refractivity contribution in [2.45, 2.75) is 39.3 Å². The highest BCUT2D eigenvalue weighted by Gasteiger charge is 2.19. The zero-order valence-electron chi connectivity index (χ0n) is 11.9. The molecule has 1 aromatic heterocycles. The summed E-state index contributed by atoms with van der Waals surface area (Å²) in [5.41, 5.74) is 3.79. The molecule has 0 fully saturated rings. The number of nitrogens with one attached hydrogen (secondary N) is 1. The molecule has 2 heterocycles. The van der Waals surface area contributed by atoms with Crippen LogP contribution in [0.1, 0.15) is 41.7 Å². The van der Waals surface area contributed by atoms with Crippen molar-refractivity contribution < 1.29 is 4.39 Å². The summed E-state index contributed by atoms with van der Waals surface area (Å²) in [7, 11) is 0. The number of halogens is 2. The van der Waals surface area contributed by atoms with E-state index in [1.54, 1.807) is 12.1 Å². The minimum Gasteiger partial charge on any atom is -0.307 e. The summed E-state index contributed by atoms with van der Waals surface area (Å²) in [6.45, 7) is 3.71. The van der Waals surface area contributed by atoms with Crippen LogP contribution >= 0.6 is 11.6 Å². The van der Waals surface area contributed by atoms with Crippen molar-refractivity contribution in [3.8, 4) is 0 Å². The lowest BCUT2D eigenvalue weighted by Gasteiger charge is -2.10. The molecule has 3 nitrogen and oxygen atoms in total. The Balaban J connectivity index is 1.98. The maximum absolute atomic E-state index is 13.9. The van der Waals surface area contributed by atoms with Crippen LogP contribution in [0.25, 0.3) is 0 Å². The largest absolute Gasteiger partial charge is 0.307 e. The Labute approximate surface area is 128 Å². The van der Waals surface area contributed by atoms with Gasteiger partial charge in [0, 0.05) is 41.4 Å². The summed E-state index contributed by atoms with van der Waals surface area (Å²) in [4.78, 5) is 9.21. The van der Waals surface area contributed by atoms with Crippen molar-refractivity contribution in [1.82, 2.24) is 15.3 Å². The smallest absolute Gasteiger partial charge is 0.133 e. The second-order valence-electron chi connectivity index (χ2n) is 5.24. The highest BCUT2D eigenvalue weighted by molar-refractivity contribution is 6.31. The first kappa shape index (κ1) is 14.4. The molecule has 1 N–H and O–H groups in total. The molecule has 0 bridgehead atoms. The number of hydrogen-bond donors (Lipinski definition) is 1. The lowest BCUT2D eigenvalue weighted by molar-refractivity contribution is 0.611. The van der Waals surface area contributed by atoms with Crippen LogP contribution in [0.15, 0.2) is 18.2 Å². The average molecular weight is 306 g/mol. The molecule has 3 rings (SSSR count). The van der Waals surface area contributed by atoms with Gasteiger partial charge in [0.05, 0.1) is 5.69 Å². The normalized spacial score (nSPS) is 13.5. The van der Waals surface area contributed by atoms with Gasteiger partial charge < -0.3 is 5.32 Å². The molecule has 1 aromatic carbocycles. The highest BCUT2D eigenvalue weighted by atomic mass is 35.5. The number of rotatable bonds is 4. The molecule has 2 aromatic rings. The summed E-state index contributed by atoms with van der Waals surface area (Å²) in [6, 6.07) is 4.72. The van der Waals surface area contributed by atoms with E-state index in [4.69, 9.17) is 11.6 Å². The Bertz CT molecular complexity index is 653. The van der Waals surface area contributed by atoms with E-state index in [1.165, 1.54) is 11.6 Å². The number of aryl methyl sites for hydroxylation is 1. The average Bonchev–Trinajstić information content (AvgIpc) is 2.92. The Kier molecular flexibility index (Phi) is 4.17. The Morgan fingerprint density at radius 1 is 1.29 bits per heavy atom. The summed E-state index contributed by atoms with van der Waals surface area (Å²) in [5.74, 6) is 0.342. The molecule has 0 saturated carbocycles. The lowest BCUT2D eigenvalue weighted by atomic mass is 10.1. The number of nitrogens with zero attached hydrogens (tertiary/aromatic N) is 2. The van der Waals surface area contributed by atoms with Crippen LogP contribution < -0.4 is 5.32 Å². The van der Waals surface area contributed by atoms with Gasteiger partial charge >= 0.3 is 0 Å². The molecule has 0 unspecified atom stereocenters. The van der Waals surface area contributed by atoms with E-state index in [1.807, 2.05) is 0 Å². The first-order valence-corrected chi connectivity index (χ1v) is 7.58. The third kappa shape index (κ3) is 2.92. The van der Waals surface area contributed by atoms with Crippen molar-refractivity contribution >= 4 is 11.6 Å². The molecule has 1 aliphatic heterocycles. The summed E-state index contributed by atoms with van der Waals surface area (Å²) < 4.78 is 13.9. The van der Waals surface area contributed by atoms with Gasteiger partial charge in [-0.25, -0.2) is 14.4 Å². The van der Waals surface area contributed by atoms with E-state index in [0.717, 1.165) is 37.3 Å². The van der Waals surface area contributed by atoms with Crippen LogP contribution in [0, 0.1) is 5.82 Å². The maximum Gasteiger partial charge on any atom is 0.133 e. The second-order valence-corrected chi connectivity index (χ2v) is 5.65. The first-order valence-electron chi connectivity index (χ1n) is 7.20. The van der Waals surface area contributed by atoms with E-state index in [9.17, 15) is 4.39 Å². The summed E-state index contributed by atoms with van der Waals surface area (Å²) in [5, 5.41) is 3.72. The SMILES string of the molecule is CCCc1nc(Cc2c(F)cccc2Cl)nc2c1CNC2. The van der Waals surface area contributed by atoms with Gasteiger partial charge in [0.25, 0.3) is 0 Å². The van der Waals surface area contributed by atoms with Crippen LogP contribution in [0.5, 0.6) is 0 Å². The zero-order chi connectivity index (χ0) is 14.8. The molecule has 0 radical (unpaired) electrons. The molecule has 110 valence electrons. The van der Waals surface area contributed by atoms with Gasteiger partial charge in [-0.3, -0.25) is 0 Å². The Morgan fingerprint density at radius 3 is 2.90 bits per heavy atom. The fourth-order valence-electron chi connectivity index (χ4n) is 2.68. The van der Waals surface area contributed by atoms with Crippen LogP contribution in [-0.4, -0.2) is 9.97 Å². The van der Waals surface area contributed by atoms with E-state index < -0.39 is 0 Å². The highest BCUT2D eigenvalue weighted by Crippen LogP contribution is 2.23. The lowest BCUT2D eigenvalue weighted by Crippen LogP contribution is -2.07. The van der Waals surface area contributed by atoms with Crippen molar-refractivity contribution in [3.63, 3.8) is 0 Å². The molecule has 0 saturated heterocycles. The molecular weight excluding hydrogens is 289 g/mol. The molecule has 0 amide bonds. The molecule has 1 aliphatic rings. The molecular formula is C16H17ClFN3. The maximum atomic E-state index is 13.9. The van der Waals surface area contributed by atoms with Crippen molar-refractivity contribution in [3.05, 3.63) is 57.4 Å². The van der Waals surface area contributed by atoms with Gasteiger partial charge in [-0.05, 0) is 18.6 Å². The van der Waals surface area contributed by atoms with Crippen LogP contribution in [0.4, 0.5) is 4.39 Å². The van der Waals surface area contributed by atoms with Crippen molar-refractivity contribution in [2.24, 2.45) is 0 Å². The van der Waals surface area contributed by atoms with Gasteiger partial charge in [0.15, 0.2) is 0 Å². The minimum atomic E-state index is -0.304. The van der Waals surface area contributed by atoms with Crippen molar-refractivity contribution in [2.75, 3.05) is 0 Å². The van der Waals surface area contributed by atoms with Gasteiger partial charge in [-0.2, -0.15) is 0 Å². The standard InChI is InChI=1S/C16H17ClFN3/c1-2-4-14-11-8-19-9-15(11)21-16(20-14)7-10-12(17)5-3-6-13(10)18/h3,5-6,19H,2,4,7-9H2,1H3. The zero-order valence-corrected chi connectivity index (χ0v) is 12.7. The molecule has 21 heavy (non-hydrogen) atoms. The van der Waals surface area contributed by atoms with Crippen LogP contribution in [0.3, 0.4) is 0 Å². The number of hydrogen-bond acceptors (Lipinski definition) is 3. The van der Waals surface area contributed by atoms with Crippen LogP contribution in [-0.2, 0) is 25.9 Å². The molecule has 0 spiro atoms. The molecule has 0 atom stereocenters. The number of benzene rings is 1. The molecule has 0 aliphatic carbocycles. The third-order valence-corrected chi connectivity index (χ3v) is 4.06. The fraction of sp³-hybridized carbons (Fsp3) is 0.375. The van der Waals surface area contributed by atoms with E-state index in [0.29, 0.717) is 22.8 Å². The Hall–Kier alpha value is -1.52. The minimum absolute atomic E-state index is 0.304. The van der Waals surface area contributed by atoms with Gasteiger partial charge in [0.2, 0.25) is 0 Å². The first-order chi connectivity index (χ1) is 10.2. The van der Waals surface area contributed by atoms with E-state index >= 15 is 0 Å². The van der Waals surface area contributed by atoms with Gasteiger partial charge in [-0.1, -0.05) is 31.0 Å². The predicted molar refractivity (Wildman–Crippen MR) is 80.8 cm³/mol. The summed E-state index contributed by atoms with van der Waals surface area (Å²) in [6.07, 6.45) is 2.28. The second kappa shape index (κ2) is 6.08. The quantitative estimate of drug-likeness (QED) is 0.940. The topological polar surface area (TPSA) is 37.8 Å². The molecule has 5 heteroatoms.